The van der Waals surface area contributed by atoms with Gasteiger partial charge in [-0.3, -0.25) is 0 Å². The molecule has 4 aromatic carbocycles. The first-order valence-electron chi connectivity index (χ1n) is 15.8. The number of furan rings is 1. The van der Waals surface area contributed by atoms with Gasteiger partial charge >= 0.3 is 0 Å². The van der Waals surface area contributed by atoms with Crippen LogP contribution in [0.3, 0.4) is 0 Å². The molecule has 0 unspecified atom stereocenters. The topological polar surface area (TPSA) is 51.8 Å². The van der Waals surface area contributed by atoms with Crippen LogP contribution in [0.25, 0.3) is 66.5 Å². The summed E-state index contributed by atoms with van der Waals surface area (Å²) in [7, 11) is 0. The first-order chi connectivity index (χ1) is 22.8. The van der Waals surface area contributed by atoms with Crippen LogP contribution in [0, 0.1) is 53.7 Å². The predicted octanol–water partition coefficient (Wildman–Crippen LogP) is 11.1. The van der Waals surface area contributed by atoms with Crippen LogP contribution in [0.1, 0.15) is 33.5 Å². The van der Waals surface area contributed by atoms with E-state index in [1.807, 2.05) is 43.6 Å². The summed E-state index contributed by atoms with van der Waals surface area (Å²) in [6, 6.07) is 38.0. The quantitative estimate of drug-likeness (QED) is 0.167. The fourth-order valence-electron chi connectivity index (χ4n) is 6.01. The number of benzene rings is 4. The summed E-state index contributed by atoms with van der Waals surface area (Å²) in [6.07, 6.45) is 3.86. The van der Waals surface area contributed by atoms with Crippen LogP contribution in [0.4, 0.5) is 0 Å². The third-order valence-corrected chi connectivity index (χ3v) is 8.90. The Bertz CT molecular complexity index is 2430. The van der Waals surface area contributed by atoms with Gasteiger partial charge in [-0.2, -0.15) is 0 Å². The zero-order valence-corrected chi connectivity index (χ0v) is 30.3. The monoisotopic (exact) mass is 802 g/mol. The Kier molecular flexibility index (Phi) is 9.37. The molecule has 4 heterocycles. The van der Waals surface area contributed by atoms with Crippen LogP contribution in [0.5, 0.6) is 0 Å². The molecule has 0 amide bonds. The van der Waals surface area contributed by atoms with E-state index in [0.717, 1.165) is 50.1 Å². The van der Waals surface area contributed by atoms with Crippen molar-refractivity contribution in [1.29, 1.82) is 0 Å². The molecule has 1 radical (unpaired) electrons. The summed E-state index contributed by atoms with van der Waals surface area (Å²) in [6.45, 7) is 12.5. The zero-order chi connectivity index (χ0) is 32.7. The molecule has 0 aliphatic rings. The summed E-state index contributed by atoms with van der Waals surface area (Å²) in [5, 5.41) is 4.57. The largest absolute Gasteiger partial charge is 0.486 e. The van der Waals surface area contributed by atoms with Gasteiger partial charge in [0, 0.05) is 43.6 Å². The second-order valence-corrected chi connectivity index (χ2v) is 12.3. The predicted molar refractivity (Wildman–Crippen MR) is 193 cm³/mol. The minimum atomic E-state index is 0. The van der Waals surface area contributed by atoms with Gasteiger partial charge in [-0.15, -0.1) is 53.6 Å². The van der Waals surface area contributed by atoms with Crippen LogP contribution < -0.4 is 0 Å². The normalized spacial score (nSPS) is 11.0. The molecule has 8 aromatic rings. The number of fused-ring (bicyclic) bond motifs is 4. The number of aryl methyl sites for hydroxylation is 6. The summed E-state index contributed by atoms with van der Waals surface area (Å²) >= 11 is 0. The SMILES string of the molecule is Cc1c[c-]c(-c2cc(C)c(C)cn2)cc1.Cc1ccc2c(n1)oc1c(-c3cc(-c4ccc5ccccc5c4C)c(C)cn3)[c-]ccc12.[Ir]. The van der Waals surface area contributed by atoms with E-state index in [4.69, 9.17) is 9.40 Å². The van der Waals surface area contributed by atoms with E-state index in [2.05, 4.69) is 123 Å². The first kappa shape index (κ1) is 33.0. The second kappa shape index (κ2) is 13.6. The molecule has 0 aliphatic heterocycles. The van der Waals surface area contributed by atoms with Crippen molar-refractivity contribution >= 4 is 32.8 Å². The van der Waals surface area contributed by atoms with Crippen molar-refractivity contribution < 1.29 is 24.5 Å². The third-order valence-electron chi connectivity index (χ3n) is 8.90. The molecule has 48 heavy (non-hydrogen) atoms. The number of nitrogens with zero attached hydrogens (tertiary/aromatic N) is 3. The van der Waals surface area contributed by atoms with Crippen molar-refractivity contribution in [1.82, 2.24) is 15.0 Å². The second-order valence-electron chi connectivity index (χ2n) is 12.3. The van der Waals surface area contributed by atoms with E-state index in [1.54, 1.807) is 0 Å². The summed E-state index contributed by atoms with van der Waals surface area (Å²) < 4.78 is 6.19. The third kappa shape index (κ3) is 6.32. The molecule has 0 saturated heterocycles. The maximum atomic E-state index is 6.19. The van der Waals surface area contributed by atoms with Gasteiger partial charge < -0.3 is 14.4 Å². The van der Waals surface area contributed by atoms with Gasteiger partial charge in [0.1, 0.15) is 0 Å². The Morgan fingerprint density at radius 1 is 0.625 bits per heavy atom. The van der Waals surface area contributed by atoms with Crippen molar-refractivity contribution in [2.24, 2.45) is 0 Å². The molecule has 0 N–H and O–H groups in total. The minimum absolute atomic E-state index is 0. The van der Waals surface area contributed by atoms with Crippen LogP contribution in [-0.4, -0.2) is 15.0 Å². The van der Waals surface area contributed by atoms with Gasteiger partial charge in [-0.05, 0) is 96.7 Å². The van der Waals surface area contributed by atoms with Crippen molar-refractivity contribution in [3.8, 4) is 33.6 Å². The number of aromatic nitrogens is 3. The van der Waals surface area contributed by atoms with Crippen LogP contribution in [0.2, 0.25) is 0 Å². The van der Waals surface area contributed by atoms with E-state index in [-0.39, 0.29) is 20.1 Å². The van der Waals surface area contributed by atoms with Crippen molar-refractivity contribution in [3.63, 3.8) is 0 Å². The van der Waals surface area contributed by atoms with Crippen LogP contribution in [-0.2, 0) is 20.1 Å². The van der Waals surface area contributed by atoms with Crippen molar-refractivity contribution in [3.05, 3.63) is 149 Å². The van der Waals surface area contributed by atoms with Gasteiger partial charge in [0.2, 0.25) is 5.71 Å². The Morgan fingerprint density at radius 2 is 1.42 bits per heavy atom. The zero-order valence-electron chi connectivity index (χ0n) is 27.9. The first-order valence-corrected chi connectivity index (χ1v) is 15.8. The minimum Gasteiger partial charge on any atom is -0.486 e. The van der Waals surface area contributed by atoms with Crippen molar-refractivity contribution in [2.75, 3.05) is 0 Å². The Morgan fingerprint density at radius 3 is 2.21 bits per heavy atom. The van der Waals surface area contributed by atoms with E-state index in [1.165, 1.54) is 44.2 Å². The number of pyridine rings is 3. The molecule has 239 valence electrons. The Hall–Kier alpha value is -4.96. The fraction of sp³-hybridized carbons (Fsp3) is 0.140. The van der Waals surface area contributed by atoms with E-state index >= 15 is 0 Å². The van der Waals surface area contributed by atoms with Crippen LogP contribution >= 0.6 is 0 Å². The molecule has 0 bridgehead atoms. The maximum Gasteiger partial charge on any atom is 0.216 e. The fourth-order valence-corrected chi connectivity index (χ4v) is 6.01. The van der Waals surface area contributed by atoms with E-state index < -0.39 is 0 Å². The van der Waals surface area contributed by atoms with E-state index in [0.29, 0.717) is 5.71 Å². The molecular weight excluding hydrogens is 767 g/mol. The van der Waals surface area contributed by atoms with E-state index in [9.17, 15) is 0 Å². The molecule has 0 saturated carbocycles. The molecule has 8 rings (SSSR count). The molecule has 0 fully saturated rings. The van der Waals surface area contributed by atoms with Crippen molar-refractivity contribution in [2.45, 2.75) is 41.5 Å². The molecule has 0 aliphatic carbocycles. The van der Waals surface area contributed by atoms with Gasteiger partial charge in [0.25, 0.3) is 0 Å². The van der Waals surface area contributed by atoms with Gasteiger partial charge in [-0.1, -0.05) is 72.0 Å². The average Bonchev–Trinajstić information content (AvgIpc) is 3.45. The molecule has 5 heteroatoms. The molecule has 4 aromatic heterocycles. The van der Waals surface area contributed by atoms with Gasteiger partial charge in [0.05, 0.1) is 5.58 Å². The smallest absolute Gasteiger partial charge is 0.216 e. The summed E-state index contributed by atoms with van der Waals surface area (Å²) in [4.78, 5) is 13.7. The Balaban J connectivity index is 0.000000212. The number of hydrogen-bond donors (Lipinski definition) is 0. The molecule has 4 nitrogen and oxygen atoms in total. The molecular formula is C43H35IrN3O-2. The average molecular weight is 802 g/mol. The van der Waals surface area contributed by atoms with Crippen LogP contribution in [0.15, 0.2) is 108 Å². The Labute approximate surface area is 295 Å². The molecule has 0 spiro atoms. The maximum absolute atomic E-state index is 6.19. The number of rotatable bonds is 3. The molecule has 0 atom stereocenters. The van der Waals surface area contributed by atoms with Gasteiger partial charge in [-0.25, -0.2) is 4.98 Å². The van der Waals surface area contributed by atoms with Gasteiger partial charge in [0.15, 0.2) is 0 Å². The number of hydrogen-bond acceptors (Lipinski definition) is 4. The standard InChI is InChI=1S/C29H21N2O.C14H14N.Ir/c1-17-16-30-27(15-26(17)22-14-12-20-7-4-5-8-21(20)19(22)3)25-10-6-9-23-24-13-11-18(2)31-29(24)32-28(23)25;1-10-4-6-13(7-5-10)14-8-11(2)12(3)9-15-14;/h4-9,11-16H,1-3H3;4-6,8-9H,1-3H3;/q2*-1;. The summed E-state index contributed by atoms with van der Waals surface area (Å²) in [5.74, 6) is 0. The summed E-state index contributed by atoms with van der Waals surface area (Å²) in [5.41, 5.74) is 14.7.